The Hall–Kier alpha value is -2.43. The summed E-state index contributed by atoms with van der Waals surface area (Å²) in [7, 11) is 1.56. The fraction of sp³-hybridized carbons (Fsp3) is 0.235. The van der Waals surface area contributed by atoms with Crippen molar-refractivity contribution in [2.24, 2.45) is 0 Å². The SMILES string of the molecule is COc1ccccc1CC(=O)NCCc1ccc(F)c(F)c1. The molecule has 0 aliphatic carbocycles. The molecule has 3 nitrogen and oxygen atoms in total. The first-order chi connectivity index (χ1) is 10.6. The lowest BCUT2D eigenvalue weighted by molar-refractivity contribution is -0.120. The molecule has 0 saturated heterocycles. The Morgan fingerprint density at radius 1 is 1.14 bits per heavy atom. The summed E-state index contributed by atoms with van der Waals surface area (Å²) in [6, 6.07) is 11.0. The van der Waals surface area contributed by atoms with Gasteiger partial charge in [0.2, 0.25) is 5.91 Å². The van der Waals surface area contributed by atoms with E-state index >= 15 is 0 Å². The van der Waals surface area contributed by atoms with Gasteiger partial charge in [0.25, 0.3) is 0 Å². The summed E-state index contributed by atoms with van der Waals surface area (Å²) < 4.78 is 31.1. The monoisotopic (exact) mass is 305 g/mol. The largest absolute Gasteiger partial charge is 0.496 e. The number of carbonyl (C=O) groups is 1. The van der Waals surface area contributed by atoms with Gasteiger partial charge < -0.3 is 10.1 Å². The molecule has 0 atom stereocenters. The molecule has 2 aromatic rings. The second-order valence-electron chi connectivity index (χ2n) is 4.84. The van der Waals surface area contributed by atoms with Gasteiger partial charge in [0.05, 0.1) is 13.5 Å². The molecule has 0 aliphatic heterocycles. The summed E-state index contributed by atoms with van der Waals surface area (Å²) in [5.74, 6) is -1.23. The molecule has 1 amide bonds. The number of ether oxygens (including phenoxy) is 1. The quantitative estimate of drug-likeness (QED) is 0.891. The van der Waals surface area contributed by atoms with Gasteiger partial charge in [0.1, 0.15) is 5.75 Å². The molecule has 0 spiro atoms. The van der Waals surface area contributed by atoms with Crippen molar-refractivity contribution in [3.8, 4) is 5.75 Å². The number of rotatable bonds is 6. The van der Waals surface area contributed by atoms with Crippen LogP contribution in [0.1, 0.15) is 11.1 Å². The van der Waals surface area contributed by atoms with Crippen LogP contribution in [0.3, 0.4) is 0 Å². The number of para-hydroxylation sites is 1. The predicted molar refractivity (Wildman–Crippen MR) is 79.8 cm³/mol. The second kappa shape index (κ2) is 7.54. The van der Waals surface area contributed by atoms with E-state index in [2.05, 4.69) is 5.32 Å². The van der Waals surface area contributed by atoms with Crippen LogP contribution in [-0.2, 0) is 17.6 Å². The van der Waals surface area contributed by atoms with E-state index in [9.17, 15) is 13.6 Å². The molecular weight excluding hydrogens is 288 g/mol. The second-order valence-corrected chi connectivity index (χ2v) is 4.84. The van der Waals surface area contributed by atoms with Crippen molar-refractivity contribution in [1.82, 2.24) is 5.32 Å². The van der Waals surface area contributed by atoms with Crippen LogP contribution in [0.15, 0.2) is 42.5 Å². The van der Waals surface area contributed by atoms with E-state index in [1.807, 2.05) is 18.2 Å². The van der Waals surface area contributed by atoms with Crippen molar-refractivity contribution in [2.45, 2.75) is 12.8 Å². The van der Waals surface area contributed by atoms with Crippen LogP contribution >= 0.6 is 0 Å². The number of benzene rings is 2. The van der Waals surface area contributed by atoms with Gasteiger partial charge in [-0.1, -0.05) is 24.3 Å². The van der Waals surface area contributed by atoms with Crippen LogP contribution in [0, 0.1) is 11.6 Å². The average Bonchev–Trinajstić information content (AvgIpc) is 2.51. The van der Waals surface area contributed by atoms with Crippen LogP contribution in [0.2, 0.25) is 0 Å². The fourth-order valence-electron chi connectivity index (χ4n) is 2.13. The topological polar surface area (TPSA) is 38.3 Å². The Morgan fingerprint density at radius 3 is 2.64 bits per heavy atom. The van der Waals surface area contributed by atoms with Gasteiger partial charge in [0, 0.05) is 12.1 Å². The highest BCUT2D eigenvalue weighted by Crippen LogP contribution is 2.17. The minimum absolute atomic E-state index is 0.146. The normalized spacial score (nSPS) is 10.3. The molecule has 0 aromatic heterocycles. The van der Waals surface area contributed by atoms with Crippen LogP contribution in [-0.4, -0.2) is 19.6 Å². The van der Waals surface area contributed by atoms with Crippen molar-refractivity contribution in [3.05, 3.63) is 65.2 Å². The van der Waals surface area contributed by atoms with E-state index in [4.69, 9.17) is 4.74 Å². The predicted octanol–water partition coefficient (Wildman–Crippen LogP) is 2.87. The molecule has 0 unspecified atom stereocenters. The third-order valence-electron chi connectivity index (χ3n) is 3.26. The Morgan fingerprint density at radius 2 is 1.91 bits per heavy atom. The summed E-state index contributed by atoms with van der Waals surface area (Å²) in [6.45, 7) is 0.360. The maximum absolute atomic E-state index is 13.1. The Kier molecular flexibility index (Phi) is 5.47. The molecule has 116 valence electrons. The smallest absolute Gasteiger partial charge is 0.224 e. The zero-order chi connectivity index (χ0) is 15.9. The molecule has 0 saturated carbocycles. The first-order valence-electron chi connectivity index (χ1n) is 6.92. The van der Waals surface area contributed by atoms with Crippen molar-refractivity contribution in [2.75, 3.05) is 13.7 Å². The lowest BCUT2D eigenvalue weighted by atomic mass is 10.1. The summed E-state index contributed by atoms with van der Waals surface area (Å²) in [5, 5.41) is 2.75. The molecule has 1 N–H and O–H groups in total. The Labute approximate surface area is 127 Å². The van der Waals surface area contributed by atoms with Crippen molar-refractivity contribution in [3.63, 3.8) is 0 Å². The van der Waals surface area contributed by atoms with Crippen LogP contribution in [0.25, 0.3) is 0 Å². The minimum Gasteiger partial charge on any atom is -0.496 e. The molecule has 22 heavy (non-hydrogen) atoms. The van der Waals surface area contributed by atoms with E-state index in [1.54, 1.807) is 13.2 Å². The van der Waals surface area contributed by atoms with Gasteiger partial charge in [-0.15, -0.1) is 0 Å². The summed E-state index contributed by atoms with van der Waals surface area (Å²) in [6.07, 6.45) is 0.649. The number of hydrogen-bond acceptors (Lipinski definition) is 2. The van der Waals surface area contributed by atoms with E-state index in [0.717, 1.165) is 17.7 Å². The zero-order valence-electron chi connectivity index (χ0n) is 12.2. The lowest BCUT2D eigenvalue weighted by Crippen LogP contribution is -2.27. The highest BCUT2D eigenvalue weighted by atomic mass is 19.2. The van der Waals surface area contributed by atoms with Crippen molar-refractivity contribution >= 4 is 5.91 Å². The summed E-state index contributed by atoms with van der Waals surface area (Å²) in [4.78, 5) is 11.9. The molecule has 5 heteroatoms. The summed E-state index contributed by atoms with van der Waals surface area (Å²) >= 11 is 0. The molecular formula is C17H17F2NO2. The van der Waals surface area contributed by atoms with Crippen LogP contribution in [0.4, 0.5) is 8.78 Å². The van der Waals surface area contributed by atoms with E-state index in [0.29, 0.717) is 24.3 Å². The first-order valence-corrected chi connectivity index (χ1v) is 6.92. The maximum atomic E-state index is 13.1. The first kappa shape index (κ1) is 15.9. The molecule has 0 fully saturated rings. The number of hydrogen-bond donors (Lipinski definition) is 1. The van der Waals surface area contributed by atoms with Crippen molar-refractivity contribution < 1.29 is 18.3 Å². The van der Waals surface area contributed by atoms with Gasteiger partial charge in [-0.3, -0.25) is 4.79 Å². The fourth-order valence-corrected chi connectivity index (χ4v) is 2.13. The van der Waals surface area contributed by atoms with E-state index in [-0.39, 0.29) is 12.3 Å². The van der Waals surface area contributed by atoms with Gasteiger partial charge >= 0.3 is 0 Å². The number of amides is 1. The number of carbonyl (C=O) groups excluding carboxylic acids is 1. The zero-order valence-corrected chi connectivity index (χ0v) is 12.2. The standard InChI is InChI=1S/C17H17F2NO2/c1-22-16-5-3-2-4-13(16)11-17(21)20-9-8-12-6-7-14(18)15(19)10-12/h2-7,10H,8-9,11H2,1H3,(H,20,21). The molecule has 2 rings (SSSR count). The van der Waals surface area contributed by atoms with Gasteiger partial charge in [0.15, 0.2) is 11.6 Å². The van der Waals surface area contributed by atoms with Crippen LogP contribution in [0.5, 0.6) is 5.75 Å². The summed E-state index contributed by atoms with van der Waals surface area (Å²) in [5.41, 5.74) is 1.44. The lowest BCUT2D eigenvalue weighted by Gasteiger charge is -2.09. The maximum Gasteiger partial charge on any atom is 0.224 e. The van der Waals surface area contributed by atoms with Gasteiger partial charge in [-0.05, 0) is 30.2 Å². The molecule has 2 aromatic carbocycles. The number of halogens is 2. The third kappa shape index (κ3) is 4.28. The van der Waals surface area contributed by atoms with Gasteiger partial charge in [-0.25, -0.2) is 8.78 Å². The Bertz CT molecular complexity index is 659. The number of methoxy groups -OCH3 is 1. The molecule has 0 aliphatic rings. The number of nitrogens with one attached hydrogen (secondary N) is 1. The molecule has 0 bridgehead atoms. The highest BCUT2D eigenvalue weighted by molar-refractivity contribution is 5.79. The molecule has 0 heterocycles. The average molecular weight is 305 g/mol. The van der Waals surface area contributed by atoms with E-state index < -0.39 is 11.6 Å². The van der Waals surface area contributed by atoms with E-state index in [1.165, 1.54) is 6.07 Å². The highest BCUT2D eigenvalue weighted by Gasteiger charge is 2.08. The molecule has 0 radical (unpaired) electrons. The minimum atomic E-state index is -0.877. The van der Waals surface area contributed by atoms with Crippen LogP contribution < -0.4 is 10.1 Å². The Balaban J connectivity index is 1.84. The van der Waals surface area contributed by atoms with Crippen molar-refractivity contribution in [1.29, 1.82) is 0 Å². The van der Waals surface area contributed by atoms with Gasteiger partial charge in [-0.2, -0.15) is 0 Å². The third-order valence-corrected chi connectivity index (χ3v) is 3.26.